The second-order valence-corrected chi connectivity index (χ2v) is 10.4. The summed E-state index contributed by atoms with van der Waals surface area (Å²) in [6.45, 7) is 0. The van der Waals surface area contributed by atoms with Crippen LogP contribution in [0.25, 0.3) is 0 Å². The van der Waals surface area contributed by atoms with E-state index in [0.29, 0.717) is 0 Å². The minimum atomic E-state index is -5.01. The van der Waals surface area contributed by atoms with Gasteiger partial charge in [-0.15, -0.1) is 69.6 Å². The van der Waals surface area contributed by atoms with Crippen LogP contribution in [0.5, 0.6) is 0 Å². The predicted octanol–water partition coefficient (Wildman–Crippen LogP) is -0.0732. The minimum absolute atomic E-state index is 0.437. The minimum Gasteiger partial charge on any atom is -0.387 e. The Morgan fingerprint density at radius 1 is 0.536 bits per heavy atom. The van der Waals surface area contributed by atoms with Gasteiger partial charge in [-0.05, 0) is 0 Å². The Morgan fingerprint density at radius 2 is 0.750 bits per heavy atom. The van der Waals surface area contributed by atoms with Gasteiger partial charge in [0.05, 0.1) is 32.3 Å². The number of hydrogen-bond donors (Lipinski definition) is 7. The molecule has 6 atom stereocenters. The summed E-state index contributed by atoms with van der Waals surface area (Å²) >= 11 is 35.3. The van der Waals surface area contributed by atoms with E-state index in [-0.39, 0.29) is 0 Å². The Kier molecular flexibility index (Phi) is 10.9. The molecule has 0 aliphatic heterocycles. The predicted molar refractivity (Wildman–Crippen MR) is 105 cm³/mol. The van der Waals surface area contributed by atoms with Crippen LogP contribution in [0.4, 0.5) is 0 Å². The smallest absolute Gasteiger partial charge is 0.387 e. The molecule has 0 aromatic carbocycles. The van der Waals surface area contributed by atoms with E-state index >= 15 is 0 Å². The van der Waals surface area contributed by atoms with Gasteiger partial charge in [-0.1, -0.05) is 0 Å². The van der Waals surface area contributed by atoms with E-state index in [1.807, 2.05) is 0 Å². The van der Waals surface area contributed by atoms with Gasteiger partial charge in [0.15, 0.2) is 0 Å². The highest BCUT2D eigenvalue weighted by atomic mass is 35.5. The Labute approximate surface area is 190 Å². The molecule has 0 heterocycles. The quantitative estimate of drug-likeness (QED) is 0.184. The van der Waals surface area contributed by atoms with E-state index in [9.17, 15) is 25.0 Å². The molecule has 0 radical (unpaired) electrons. The molecular weight excluding hydrogens is 532 g/mol. The lowest BCUT2D eigenvalue weighted by Crippen LogP contribution is -2.64. The lowest BCUT2D eigenvalue weighted by Gasteiger charge is -2.41. The highest BCUT2D eigenvalue weighted by Gasteiger charge is 2.51. The van der Waals surface area contributed by atoms with Gasteiger partial charge in [0, 0.05) is 0 Å². The maximum atomic E-state index is 10.5. The van der Waals surface area contributed by atoms with Gasteiger partial charge >= 0.3 is 7.82 Å². The Balaban J connectivity index is 0.000000292. The van der Waals surface area contributed by atoms with Gasteiger partial charge < -0.3 is 35.3 Å². The molecule has 0 saturated heterocycles. The number of hydrogen-bond acceptors (Lipinski definition) is 7. The molecule has 2 saturated carbocycles. The molecule has 0 spiro atoms. The summed E-state index contributed by atoms with van der Waals surface area (Å²) in [6.07, 6.45) is -11.3. The van der Waals surface area contributed by atoms with E-state index in [1.54, 1.807) is 0 Å². The van der Waals surface area contributed by atoms with Crippen molar-refractivity contribution in [1.29, 1.82) is 0 Å². The molecule has 0 aromatic rings. The standard InChI is InChI=1S/C6H6Cl6.C6H13O9P/c7-1-2(8)4(10)6(12)5(11)3(1)9;7-1-2(8)4(10)6(5(11)3(1)9)15-16(12,13)14/h1-6H;1-11H,(H2,12,13,14)/t1-,2-,3-,4+,5+,6+;1-,2-,3+,4-,5-,6-/m.0/s1. The van der Waals surface area contributed by atoms with Crippen molar-refractivity contribution in [3.63, 3.8) is 0 Å². The van der Waals surface area contributed by atoms with Crippen LogP contribution < -0.4 is 0 Å². The van der Waals surface area contributed by atoms with Crippen molar-refractivity contribution in [2.45, 2.75) is 68.9 Å². The fourth-order valence-electron chi connectivity index (χ4n) is 2.53. The molecule has 0 bridgehead atoms. The third-order valence-corrected chi connectivity index (χ3v) is 8.71. The van der Waals surface area contributed by atoms with Gasteiger partial charge in [0.2, 0.25) is 0 Å². The van der Waals surface area contributed by atoms with Gasteiger partial charge in [-0.3, -0.25) is 4.52 Å². The zero-order chi connectivity index (χ0) is 22.1. The van der Waals surface area contributed by atoms with Crippen molar-refractivity contribution in [2.75, 3.05) is 0 Å². The van der Waals surface area contributed by atoms with Crippen LogP contribution in [0, 0.1) is 0 Å². The first-order valence-electron chi connectivity index (χ1n) is 7.60. The molecule has 2 aliphatic rings. The monoisotopic (exact) mass is 548 g/mol. The number of rotatable bonds is 2. The van der Waals surface area contributed by atoms with Gasteiger partial charge in [-0.25, -0.2) is 4.57 Å². The van der Waals surface area contributed by atoms with Gasteiger partial charge in [-0.2, -0.15) is 0 Å². The van der Waals surface area contributed by atoms with Crippen LogP contribution in [0.15, 0.2) is 0 Å². The molecule has 0 amide bonds. The van der Waals surface area contributed by atoms with Crippen LogP contribution >= 0.6 is 77.4 Å². The Bertz CT molecular complexity index is 483. The summed E-state index contributed by atoms with van der Waals surface area (Å²) in [5, 5.41) is 43.5. The fraction of sp³-hybridized carbons (Fsp3) is 1.00. The van der Waals surface area contributed by atoms with Crippen LogP contribution in [0.1, 0.15) is 0 Å². The molecule has 7 N–H and O–H groups in total. The first kappa shape index (κ1) is 27.7. The average molecular weight is 551 g/mol. The van der Waals surface area contributed by atoms with E-state index in [4.69, 9.17) is 84.5 Å². The topological polar surface area (TPSA) is 168 Å². The Hall–Kier alpha value is 1.65. The maximum Gasteiger partial charge on any atom is 0.470 e. The first-order valence-corrected chi connectivity index (χ1v) is 11.8. The Morgan fingerprint density at radius 3 is 0.964 bits per heavy atom. The zero-order valence-corrected chi connectivity index (χ0v) is 19.0. The van der Waals surface area contributed by atoms with Gasteiger partial charge in [0.1, 0.15) is 36.6 Å². The van der Waals surface area contributed by atoms with Crippen LogP contribution in [0.2, 0.25) is 0 Å². The highest BCUT2D eigenvalue weighted by molar-refractivity contribution is 7.46. The molecule has 2 fully saturated rings. The summed E-state index contributed by atoms with van der Waals surface area (Å²) in [5.74, 6) is 0. The average Bonchev–Trinajstić information content (AvgIpc) is 2.63. The second kappa shape index (κ2) is 11.0. The zero-order valence-electron chi connectivity index (χ0n) is 13.6. The largest absolute Gasteiger partial charge is 0.470 e. The van der Waals surface area contributed by atoms with Crippen LogP contribution in [-0.4, -0.2) is 104 Å². The third kappa shape index (κ3) is 6.58. The maximum absolute atomic E-state index is 10.5. The number of aliphatic hydroxyl groups is 5. The number of phosphoric ester groups is 1. The van der Waals surface area contributed by atoms with E-state index < -0.39 is 76.7 Å². The summed E-state index contributed by atoms with van der Waals surface area (Å²) in [6, 6.07) is 0. The summed E-state index contributed by atoms with van der Waals surface area (Å²) in [4.78, 5) is 17.0. The molecule has 0 unspecified atom stereocenters. The number of alkyl halides is 6. The molecule has 2 aliphatic carbocycles. The second-order valence-electron chi connectivity index (χ2n) is 6.18. The molecule has 168 valence electrons. The number of halogens is 6. The van der Waals surface area contributed by atoms with Crippen molar-refractivity contribution in [1.82, 2.24) is 0 Å². The molecule has 2 rings (SSSR count). The normalized spacial score (nSPS) is 49.9. The van der Waals surface area contributed by atoms with E-state index in [1.165, 1.54) is 0 Å². The third-order valence-electron chi connectivity index (χ3n) is 4.16. The lowest BCUT2D eigenvalue weighted by atomic mass is 9.85. The van der Waals surface area contributed by atoms with Gasteiger partial charge in [0.25, 0.3) is 0 Å². The van der Waals surface area contributed by atoms with Crippen molar-refractivity contribution in [2.24, 2.45) is 0 Å². The fourth-order valence-corrected chi connectivity index (χ4v) is 5.43. The van der Waals surface area contributed by atoms with Crippen LogP contribution in [-0.2, 0) is 9.09 Å². The molecule has 16 heteroatoms. The highest BCUT2D eigenvalue weighted by Crippen LogP contribution is 2.41. The van der Waals surface area contributed by atoms with Crippen LogP contribution in [0.3, 0.4) is 0 Å². The molecule has 0 aromatic heterocycles. The van der Waals surface area contributed by atoms with E-state index in [0.717, 1.165) is 0 Å². The summed E-state index contributed by atoms with van der Waals surface area (Å²) < 4.78 is 14.5. The van der Waals surface area contributed by atoms with Crippen molar-refractivity contribution >= 4 is 77.4 Å². The molecule has 28 heavy (non-hydrogen) atoms. The van der Waals surface area contributed by atoms with Crippen molar-refractivity contribution in [3.05, 3.63) is 0 Å². The summed E-state index contributed by atoms with van der Waals surface area (Å²) in [7, 11) is -5.01. The van der Waals surface area contributed by atoms with Crippen molar-refractivity contribution in [3.8, 4) is 0 Å². The van der Waals surface area contributed by atoms with Crippen molar-refractivity contribution < 1.29 is 44.4 Å². The first-order chi connectivity index (χ1) is 12.6. The number of phosphoric acid groups is 1. The summed E-state index contributed by atoms with van der Waals surface area (Å²) in [5.41, 5.74) is 0. The SMILES string of the molecule is Cl[C@H]1[C@H](Cl)[C@@H](Cl)[C@@H](Cl)[C@H](Cl)[C@H]1Cl.O=P(O)(O)O[C@@H]1[C@@H](O)[C@H](O)[C@@H](O)[C@H](O)[C@@H]1O. The number of aliphatic hydroxyl groups excluding tert-OH is 5. The van der Waals surface area contributed by atoms with E-state index in [2.05, 4.69) is 4.52 Å². The lowest BCUT2D eigenvalue weighted by molar-refractivity contribution is -0.219. The molecule has 9 nitrogen and oxygen atoms in total. The molecular formula is C12H19Cl6O9P.